The quantitative estimate of drug-likeness (QED) is 0.727. The van der Waals surface area contributed by atoms with Gasteiger partial charge in [0.2, 0.25) is 0 Å². The van der Waals surface area contributed by atoms with Crippen molar-refractivity contribution in [2.75, 3.05) is 26.2 Å². The predicted octanol–water partition coefficient (Wildman–Crippen LogP) is 1.31. The summed E-state index contributed by atoms with van der Waals surface area (Å²) in [7, 11) is 0. The first-order valence-electron chi connectivity index (χ1n) is 4.81. The summed E-state index contributed by atoms with van der Waals surface area (Å²) < 4.78 is 25.2. The van der Waals surface area contributed by atoms with Crippen LogP contribution in [-0.2, 0) is 0 Å². The van der Waals surface area contributed by atoms with Gasteiger partial charge in [-0.2, -0.15) is 0 Å². The standard InChI is InChI=1S/C9H18F2N2/c1-9(10,11)7-13-5-3-8(6-13)2-4-12/h8H,2-7,12H2,1H3. The van der Waals surface area contributed by atoms with Crippen molar-refractivity contribution in [2.24, 2.45) is 11.7 Å². The Morgan fingerprint density at radius 3 is 2.77 bits per heavy atom. The van der Waals surface area contributed by atoms with Crippen molar-refractivity contribution in [1.29, 1.82) is 0 Å². The molecule has 13 heavy (non-hydrogen) atoms. The van der Waals surface area contributed by atoms with Gasteiger partial charge in [-0.05, 0) is 31.8 Å². The van der Waals surface area contributed by atoms with Crippen LogP contribution >= 0.6 is 0 Å². The van der Waals surface area contributed by atoms with E-state index in [0.29, 0.717) is 12.5 Å². The summed E-state index contributed by atoms with van der Waals surface area (Å²) >= 11 is 0. The lowest BCUT2D eigenvalue weighted by molar-refractivity contribution is -0.00941. The van der Waals surface area contributed by atoms with Crippen LogP contribution in [0.3, 0.4) is 0 Å². The lowest BCUT2D eigenvalue weighted by atomic mass is 10.1. The molecule has 1 saturated heterocycles. The van der Waals surface area contributed by atoms with E-state index in [-0.39, 0.29) is 6.54 Å². The van der Waals surface area contributed by atoms with Gasteiger partial charge in [0.1, 0.15) is 0 Å². The van der Waals surface area contributed by atoms with Crippen molar-refractivity contribution < 1.29 is 8.78 Å². The average Bonchev–Trinajstić information content (AvgIpc) is 2.33. The third-order valence-electron chi connectivity index (χ3n) is 2.45. The molecule has 0 spiro atoms. The molecule has 1 heterocycles. The first-order chi connectivity index (χ1) is 6.01. The summed E-state index contributed by atoms with van der Waals surface area (Å²) in [5.41, 5.74) is 5.41. The fourth-order valence-electron chi connectivity index (χ4n) is 1.92. The highest BCUT2D eigenvalue weighted by Crippen LogP contribution is 2.22. The maximum Gasteiger partial charge on any atom is 0.257 e. The normalized spacial score (nSPS) is 25.4. The second-order valence-electron chi connectivity index (χ2n) is 4.04. The van der Waals surface area contributed by atoms with Crippen LogP contribution in [0.15, 0.2) is 0 Å². The summed E-state index contributed by atoms with van der Waals surface area (Å²) in [6.45, 7) is 3.13. The Balaban J connectivity index is 2.25. The highest BCUT2D eigenvalue weighted by Gasteiger charge is 2.29. The highest BCUT2D eigenvalue weighted by atomic mass is 19.3. The first-order valence-corrected chi connectivity index (χ1v) is 4.81. The minimum Gasteiger partial charge on any atom is -0.330 e. The van der Waals surface area contributed by atoms with E-state index in [1.165, 1.54) is 0 Å². The van der Waals surface area contributed by atoms with Crippen LogP contribution in [0.5, 0.6) is 0 Å². The zero-order valence-electron chi connectivity index (χ0n) is 8.10. The maximum absolute atomic E-state index is 12.6. The van der Waals surface area contributed by atoms with Gasteiger partial charge in [0, 0.05) is 13.5 Å². The molecule has 0 saturated carbocycles. The van der Waals surface area contributed by atoms with Gasteiger partial charge in [0.15, 0.2) is 0 Å². The van der Waals surface area contributed by atoms with Gasteiger partial charge >= 0.3 is 0 Å². The van der Waals surface area contributed by atoms with E-state index in [2.05, 4.69) is 0 Å². The van der Waals surface area contributed by atoms with Crippen molar-refractivity contribution in [3.05, 3.63) is 0 Å². The molecule has 0 amide bonds. The van der Waals surface area contributed by atoms with Crippen LogP contribution in [0.1, 0.15) is 19.8 Å². The van der Waals surface area contributed by atoms with Crippen LogP contribution in [0.2, 0.25) is 0 Å². The maximum atomic E-state index is 12.6. The Kier molecular flexibility index (Phi) is 3.62. The average molecular weight is 192 g/mol. The van der Waals surface area contributed by atoms with Crippen molar-refractivity contribution in [3.8, 4) is 0 Å². The molecule has 1 unspecified atom stereocenters. The smallest absolute Gasteiger partial charge is 0.257 e. The van der Waals surface area contributed by atoms with Gasteiger partial charge in [0.05, 0.1) is 6.54 Å². The van der Waals surface area contributed by atoms with Gasteiger partial charge in [-0.3, -0.25) is 4.90 Å². The summed E-state index contributed by atoms with van der Waals surface area (Å²) in [5, 5.41) is 0. The van der Waals surface area contributed by atoms with Crippen molar-refractivity contribution in [2.45, 2.75) is 25.7 Å². The van der Waals surface area contributed by atoms with Crippen molar-refractivity contribution in [3.63, 3.8) is 0 Å². The topological polar surface area (TPSA) is 29.3 Å². The number of rotatable bonds is 4. The van der Waals surface area contributed by atoms with E-state index in [9.17, 15) is 8.78 Å². The van der Waals surface area contributed by atoms with Crippen LogP contribution in [0.25, 0.3) is 0 Å². The lowest BCUT2D eigenvalue weighted by Crippen LogP contribution is -2.33. The largest absolute Gasteiger partial charge is 0.330 e. The molecular weight excluding hydrogens is 174 g/mol. The summed E-state index contributed by atoms with van der Waals surface area (Å²) in [6, 6.07) is 0. The molecule has 0 bridgehead atoms. The molecule has 78 valence electrons. The van der Waals surface area contributed by atoms with Crippen LogP contribution in [0.4, 0.5) is 8.78 Å². The zero-order valence-corrected chi connectivity index (χ0v) is 8.10. The minimum atomic E-state index is -2.56. The van der Waals surface area contributed by atoms with E-state index in [1.807, 2.05) is 4.90 Å². The van der Waals surface area contributed by atoms with Crippen molar-refractivity contribution >= 4 is 0 Å². The molecule has 2 N–H and O–H groups in total. The molecule has 2 nitrogen and oxygen atoms in total. The molecular formula is C9H18F2N2. The molecule has 0 radical (unpaired) electrons. The van der Waals surface area contributed by atoms with Gasteiger partial charge in [-0.1, -0.05) is 0 Å². The van der Waals surface area contributed by atoms with Crippen LogP contribution < -0.4 is 5.73 Å². The molecule has 0 aromatic rings. The number of nitrogens with two attached hydrogens (primary N) is 1. The molecule has 1 rings (SSSR count). The zero-order chi connectivity index (χ0) is 9.90. The third-order valence-corrected chi connectivity index (χ3v) is 2.45. The second kappa shape index (κ2) is 4.33. The van der Waals surface area contributed by atoms with Crippen LogP contribution in [-0.4, -0.2) is 37.0 Å². The number of hydrogen-bond acceptors (Lipinski definition) is 2. The summed E-state index contributed by atoms with van der Waals surface area (Å²) in [5.74, 6) is -2.02. The minimum absolute atomic E-state index is 0.103. The van der Waals surface area contributed by atoms with Gasteiger partial charge < -0.3 is 5.73 Å². The Morgan fingerprint density at radius 1 is 1.54 bits per heavy atom. The Bertz CT molecular complexity index is 156. The van der Waals surface area contributed by atoms with E-state index < -0.39 is 5.92 Å². The van der Waals surface area contributed by atoms with Crippen molar-refractivity contribution in [1.82, 2.24) is 4.90 Å². The molecule has 0 aromatic heterocycles. The van der Waals surface area contributed by atoms with E-state index in [0.717, 1.165) is 32.9 Å². The number of likely N-dealkylation sites (tertiary alicyclic amines) is 1. The molecule has 1 aliphatic rings. The van der Waals surface area contributed by atoms with Gasteiger partial charge in [0.25, 0.3) is 5.92 Å². The Hall–Kier alpha value is -0.220. The van der Waals surface area contributed by atoms with Gasteiger partial charge in [-0.25, -0.2) is 8.78 Å². The SMILES string of the molecule is CC(F)(F)CN1CCC(CCN)C1. The Labute approximate surface area is 78.1 Å². The first kappa shape index (κ1) is 10.9. The highest BCUT2D eigenvalue weighted by molar-refractivity contribution is 4.78. The van der Waals surface area contributed by atoms with Crippen LogP contribution in [0, 0.1) is 5.92 Å². The summed E-state index contributed by atoms with van der Waals surface area (Å²) in [6.07, 6.45) is 1.99. The third kappa shape index (κ3) is 4.00. The van der Waals surface area contributed by atoms with Gasteiger partial charge in [-0.15, -0.1) is 0 Å². The fourth-order valence-corrected chi connectivity index (χ4v) is 1.92. The van der Waals surface area contributed by atoms with E-state index in [4.69, 9.17) is 5.73 Å². The molecule has 4 heteroatoms. The molecule has 1 atom stereocenters. The number of hydrogen-bond donors (Lipinski definition) is 1. The number of halogens is 2. The van der Waals surface area contributed by atoms with E-state index in [1.54, 1.807) is 0 Å². The lowest BCUT2D eigenvalue weighted by Gasteiger charge is -2.20. The second-order valence-corrected chi connectivity index (χ2v) is 4.04. The number of nitrogens with zero attached hydrogens (tertiary/aromatic N) is 1. The molecule has 0 aliphatic carbocycles. The monoisotopic (exact) mass is 192 g/mol. The fraction of sp³-hybridized carbons (Fsp3) is 1.00. The van der Waals surface area contributed by atoms with E-state index >= 15 is 0 Å². The molecule has 1 aliphatic heterocycles. The number of alkyl halides is 2. The molecule has 0 aromatic carbocycles. The Morgan fingerprint density at radius 2 is 2.23 bits per heavy atom. The summed E-state index contributed by atoms with van der Waals surface area (Å²) in [4.78, 5) is 1.83. The predicted molar refractivity (Wildman–Crippen MR) is 48.8 cm³/mol. The molecule has 1 fully saturated rings.